The number of H-pyrrole nitrogens is 1. The Morgan fingerprint density at radius 2 is 2.09 bits per heavy atom. The number of benzene rings is 1. The van der Waals surface area contributed by atoms with E-state index in [-0.39, 0.29) is 24.0 Å². The molecule has 1 aromatic heterocycles. The number of nitrogens with one attached hydrogen (secondary N) is 2. The Bertz CT molecular complexity index is 619. The van der Waals surface area contributed by atoms with Crippen LogP contribution in [-0.4, -0.2) is 24.0 Å². The lowest BCUT2D eigenvalue weighted by Crippen LogP contribution is -2.33. The first-order valence-electron chi connectivity index (χ1n) is 8.31. The van der Waals surface area contributed by atoms with Gasteiger partial charge in [-0.3, -0.25) is 4.99 Å². The number of nitrogens with zero attached hydrogens (tertiary/aromatic N) is 1. The average Bonchev–Trinajstić information content (AvgIpc) is 2.92. The third-order valence-corrected chi connectivity index (χ3v) is 3.99. The number of unbranched alkanes of at least 4 members (excludes halogenated alkanes) is 3. The fraction of sp³-hybridized carbons (Fsp3) is 0.500. The van der Waals surface area contributed by atoms with Crippen molar-refractivity contribution in [2.24, 2.45) is 10.7 Å². The number of aromatic nitrogens is 1. The molecule has 4 nitrogen and oxygen atoms in total. The minimum absolute atomic E-state index is 0. The van der Waals surface area contributed by atoms with Crippen LogP contribution in [0.3, 0.4) is 0 Å². The standard InChI is InChI=1S/C18H28N4.HI/c1-3-4-5-6-11-20-18(19)21-12-10-15-13-22-16-9-7-8-14(2)17(15)16;/h7-9,13,22H,3-6,10-12H2,1-2H3,(H3,19,20,21);1H. The van der Waals surface area contributed by atoms with Crippen LogP contribution in [0.15, 0.2) is 29.4 Å². The molecule has 23 heavy (non-hydrogen) atoms. The number of hydrogen-bond acceptors (Lipinski definition) is 1. The first-order valence-corrected chi connectivity index (χ1v) is 8.31. The van der Waals surface area contributed by atoms with E-state index < -0.39 is 0 Å². The highest BCUT2D eigenvalue weighted by atomic mass is 127. The lowest BCUT2D eigenvalue weighted by Gasteiger charge is -2.06. The van der Waals surface area contributed by atoms with Crippen LogP contribution in [0.1, 0.15) is 43.7 Å². The van der Waals surface area contributed by atoms with Crippen LogP contribution in [0, 0.1) is 6.92 Å². The molecule has 0 aliphatic heterocycles. The number of nitrogens with two attached hydrogens (primary N) is 1. The van der Waals surface area contributed by atoms with Gasteiger partial charge < -0.3 is 16.0 Å². The molecule has 0 aliphatic rings. The van der Waals surface area contributed by atoms with Gasteiger partial charge in [0.2, 0.25) is 0 Å². The summed E-state index contributed by atoms with van der Waals surface area (Å²) in [4.78, 5) is 7.70. The highest BCUT2D eigenvalue weighted by Gasteiger charge is 2.05. The third kappa shape index (κ3) is 6.05. The van der Waals surface area contributed by atoms with Crippen LogP contribution >= 0.6 is 24.0 Å². The predicted molar refractivity (Wildman–Crippen MR) is 111 cm³/mol. The molecule has 0 spiro atoms. The summed E-state index contributed by atoms with van der Waals surface area (Å²) >= 11 is 0. The fourth-order valence-electron chi connectivity index (χ4n) is 2.77. The minimum atomic E-state index is 0. The molecule has 2 rings (SSSR count). The third-order valence-electron chi connectivity index (χ3n) is 3.99. The number of aliphatic imine (C=N–C) groups is 1. The molecule has 0 unspecified atom stereocenters. The van der Waals surface area contributed by atoms with Crippen LogP contribution in [0.5, 0.6) is 0 Å². The van der Waals surface area contributed by atoms with Crippen molar-refractivity contribution in [2.75, 3.05) is 13.1 Å². The lowest BCUT2D eigenvalue weighted by atomic mass is 10.1. The first-order chi connectivity index (χ1) is 10.7. The second-order valence-corrected chi connectivity index (χ2v) is 5.82. The number of aryl methyl sites for hydroxylation is 1. The Hall–Kier alpha value is -1.24. The molecule has 1 heterocycles. The fourth-order valence-corrected chi connectivity index (χ4v) is 2.77. The topological polar surface area (TPSA) is 66.2 Å². The molecule has 0 atom stereocenters. The zero-order valence-corrected chi connectivity index (χ0v) is 16.5. The van der Waals surface area contributed by atoms with Crippen molar-refractivity contribution in [3.05, 3.63) is 35.5 Å². The maximum absolute atomic E-state index is 5.90. The smallest absolute Gasteiger partial charge is 0.188 e. The second-order valence-electron chi connectivity index (χ2n) is 5.82. The summed E-state index contributed by atoms with van der Waals surface area (Å²) in [5, 5.41) is 4.54. The van der Waals surface area contributed by atoms with E-state index in [1.165, 1.54) is 41.3 Å². The van der Waals surface area contributed by atoms with Crippen molar-refractivity contribution in [3.63, 3.8) is 0 Å². The zero-order chi connectivity index (χ0) is 15.8. The number of fused-ring (bicyclic) bond motifs is 1. The van der Waals surface area contributed by atoms with Gasteiger partial charge in [-0.2, -0.15) is 0 Å². The van der Waals surface area contributed by atoms with Gasteiger partial charge >= 0.3 is 0 Å². The van der Waals surface area contributed by atoms with Crippen LogP contribution < -0.4 is 11.1 Å². The summed E-state index contributed by atoms with van der Waals surface area (Å²) in [7, 11) is 0. The molecule has 5 heteroatoms. The molecular formula is C18H29IN4. The van der Waals surface area contributed by atoms with Crippen molar-refractivity contribution in [1.29, 1.82) is 0 Å². The van der Waals surface area contributed by atoms with E-state index in [0.717, 1.165) is 25.9 Å². The Balaban J connectivity index is 0.00000264. The van der Waals surface area contributed by atoms with Gasteiger partial charge in [-0.25, -0.2) is 0 Å². The molecule has 0 fully saturated rings. The van der Waals surface area contributed by atoms with Crippen molar-refractivity contribution < 1.29 is 0 Å². The highest BCUT2D eigenvalue weighted by molar-refractivity contribution is 14.0. The molecule has 2 aromatic rings. The summed E-state index contributed by atoms with van der Waals surface area (Å²) in [6.07, 6.45) is 7.93. The maximum Gasteiger partial charge on any atom is 0.188 e. The number of hydrogen-bond donors (Lipinski definition) is 3. The molecule has 1 aromatic carbocycles. The Morgan fingerprint density at radius 3 is 2.87 bits per heavy atom. The second kappa shape index (κ2) is 10.5. The number of halogens is 1. The SMILES string of the molecule is CCCCCCN=C(N)NCCc1c[nH]c2cccc(C)c12.I. The maximum atomic E-state index is 5.90. The molecule has 0 bridgehead atoms. The first kappa shape index (κ1) is 19.8. The van der Waals surface area contributed by atoms with Crippen LogP contribution in [-0.2, 0) is 6.42 Å². The summed E-state index contributed by atoms with van der Waals surface area (Å²) in [6.45, 7) is 6.00. The summed E-state index contributed by atoms with van der Waals surface area (Å²) < 4.78 is 0. The van der Waals surface area contributed by atoms with Crippen molar-refractivity contribution in [2.45, 2.75) is 46.0 Å². The quantitative estimate of drug-likeness (QED) is 0.256. The van der Waals surface area contributed by atoms with Crippen molar-refractivity contribution in [3.8, 4) is 0 Å². The number of aromatic amines is 1. The summed E-state index contributed by atoms with van der Waals surface area (Å²) in [5.41, 5.74) is 9.74. The molecule has 0 radical (unpaired) electrons. The average molecular weight is 428 g/mol. The molecule has 0 saturated heterocycles. The zero-order valence-electron chi connectivity index (χ0n) is 14.2. The summed E-state index contributed by atoms with van der Waals surface area (Å²) in [6, 6.07) is 6.35. The van der Waals surface area contributed by atoms with Gasteiger partial charge in [-0.15, -0.1) is 24.0 Å². The van der Waals surface area contributed by atoms with Gasteiger partial charge in [0.05, 0.1) is 0 Å². The highest BCUT2D eigenvalue weighted by Crippen LogP contribution is 2.22. The van der Waals surface area contributed by atoms with Gasteiger partial charge in [0.25, 0.3) is 0 Å². The molecular weight excluding hydrogens is 399 g/mol. The van der Waals surface area contributed by atoms with Gasteiger partial charge in [0, 0.05) is 30.2 Å². The normalized spacial score (nSPS) is 11.5. The minimum Gasteiger partial charge on any atom is -0.370 e. The van der Waals surface area contributed by atoms with Crippen molar-refractivity contribution >= 4 is 40.8 Å². The van der Waals surface area contributed by atoms with E-state index >= 15 is 0 Å². The lowest BCUT2D eigenvalue weighted by molar-refractivity contribution is 0.673. The Kier molecular flexibility index (Phi) is 9.06. The van der Waals surface area contributed by atoms with Gasteiger partial charge in [0.15, 0.2) is 5.96 Å². The van der Waals surface area contributed by atoms with Crippen LogP contribution in [0.2, 0.25) is 0 Å². The molecule has 128 valence electrons. The summed E-state index contributed by atoms with van der Waals surface area (Å²) in [5.74, 6) is 0.563. The van der Waals surface area contributed by atoms with Crippen molar-refractivity contribution in [1.82, 2.24) is 10.3 Å². The van der Waals surface area contributed by atoms with Gasteiger partial charge in [0.1, 0.15) is 0 Å². The Morgan fingerprint density at radius 1 is 1.26 bits per heavy atom. The van der Waals surface area contributed by atoms with Crippen LogP contribution in [0.25, 0.3) is 10.9 Å². The van der Waals surface area contributed by atoms with E-state index in [9.17, 15) is 0 Å². The van der Waals surface area contributed by atoms with Gasteiger partial charge in [-0.05, 0) is 37.0 Å². The van der Waals surface area contributed by atoms with Gasteiger partial charge in [-0.1, -0.05) is 38.3 Å². The van der Waals surface area contributed by atoms with E-state index in [0.29, 0.717) is 5.96 Å². The Labute approximate surface area is 156 Å². The van der Waals surface area contributed by atoms with E-state index in [1.54, 1.807) is 0 Å². The molecule has 4 N–H and O–H groups in total. The van der Waals surface area contributed by atoms with E-state index in [2.05, 4.69) is 53.5 Å². The largest absolute Gasteiger partial charge is 0.370 e. The van der Waals surface area contributed by atoms with E-state index in [4.69, 9.17) is 5.73 Å². The van der Waals surface area contributed by atoms with Crippen LogP contribution in [0.4, 0.5) is 0 Å². The van der Waals surface area contributed by atoms with E-state index in [1.807, 2.05) is 0 Å². The molecule has 0 aliphatic carbocycles. The molecule has 0 saturated carbocycles. The number of rotatable bonds is 8. The predicted octanol–water partition coefficient (Wildman–Crippen LogP) is 4.12. The molecule has 0 amide bonds. The monoisotopic (exact) mass is 428 g/mol. The number of guanidine groups is 1.